The molecule has 0 amide bonds. The highest BCUT2D eigenvalue weighted by molar-refractivity contribution is 7.12. The Morgan fingerprint density at radius 2 is 2.10 bits per heavy atom. The first-order valence-electron chi connectivity index (χ1n) is 9.21. The van der Waals surface area contributed by atoms with Crippen LogP contribution >= 0.6 is 23.7 Å². The minimum Gasteiger partial charge on any atom is -0.327 e. The monoisotopic (exact) mass is 461 g/mol. The van der Waals surface area contributed by atoms with E-state index < -0.39 is 0 Å². The van der Waals surface area contributed by atoms with Crippen molar-refractivity contribution in [1.82, 2.24) is 28.9 Å². The topological polar surface area (TPSA) is 96.5 Å². The summed E-state index contributed by atoms with van der Waals surface area (Å²) >= 11 is 1.58. The number of pyridine rings is 1. The first-order chi connectivity index (χ1) is 14.6. The summed E-state index contributed by atoms with van der Waals surface area (Å²) in [4.78, 5) is 23.2. The van der Waals surface area contributed by atoms with Crippen LogP contribution in [-0.2, 0) is 20.1 Å². The van der Waals surface area contributed by atoms with Crippen LogP contribution in [-0.4, -0.2) is 35.4 Å². The molecule has 0 aliphatic rings. The zero-order chi connectivity index (χ0) is 21.1. The molecule has 0 aliphatic heterocycles. The van der Waals surface area contributed by atoms with E-state index in [1.54, 1.807) is 17.7 Å². The van der Waals surface area contributed by atoms with Crippen molar-refractivity contribution in [2.75, 3.05) is 6.54 Å². The highest BCUT2D eigenvalue weighted by Crippen LogP contribution is 2.20. The van der Waals surface area contributed by atoms with Gasteiger partial charge in [0.1, 0.15) is 11.8 Å². The van der Waals surface area contributed by atoms with E-state index in [0.29, 0.717) is 18.4 Å². The molecule has 0 bridgehead atoms. The van der Waals surface area contributed by atoms with Crippen LogP contribution in [0.3, 0.4) is 0 Å². The van der Waals surface area contributed by atoms with E-state index in [1.807, 2.05) is 48.2 Å². The Bertz CT molecular complexity index is 1300. The third-order valence-electron chi connectivity index (χ3n) is 4.59. The van der Waals surface area contributed by atoms with E-state index in [4.69, 9.17) is 5.73 Å². The van der Waals surface area contributed by atoms with Gasteiger partial charge in [0.15, 0.2) is 5.65 Å². The lowest BCUT2D eigenvalue weighted by Crippen LogP contribution is -2.26. The molecule has 0 aliphatic carbocycles. The van der Waals surface area contributed by atoms with E-state index in [-0.39, 0.29) is 31.2 Å². The fourth-order valence-electron chi connectivity index (χ4n) is 2.96. The van der Waals surface area contributed by atoms with Gasteiger partial charge in [-0.25, -0.2) is 23.8 Å². The minimum atomic E-state index is -0.303. The summed E-state index contributed by atoms with van der Waals surface area (Å²) in [6, 6.07) is 5.96. The van der Waals surface area contributed by atoms with E-state index in [1.165, 1.54) is 15.6 Å². The van der Waals surface area contributed by atoms with Crippen LogP contribution in [0.2, 0.25) is 0 Å². The van der Waals surface area contributed by atoms with Gasteiger partial charge >= 0.3 is 5.69 Å². The van der Waals surface area contributed by atoms with Crippen molar-refractivity contribution in [1.29, 1.82) is 0 Å². The Balaban J connectivity index is 0.00000272. The number of fused-ring (bicyclic) bond motifs is 1. The maximum absolute atomic E-state index is 12.7. The lowest BCUT2D eigenvalue weighted by Gasteiger charge is -2.01. The molecule has 4 rings (SSSR count). The van der Waals surface area contributed by atoms with Gasteiger partial charge in [-0.15, -0.1) is 23.7 Å². The number of imidazole rings is 1. The third-order valence-corrected chi connectivity index (χ3v) is 5.62. The number of hydrogen-bond acceptors (Lipinski definition) is 6. The van der Waals surface area contributed by atoms with Crippen LogP contribution < -0.4 is 11.4 Å². The molecular formula is C20H21ClFN7OS. The van der Waals surface area contributed by atoms with Gasteiger partial charge < -0.3 is 10.3 Å². The van der Waals surface area contributed by atoms with E-state index in [2.05, 4.69) is 15.1 Å². The summed E-state index contributed by atoms with van der Waals surface area (Å²) in [6.07, 6.45) is 9.42. The molecule has 0 fully saturated rings. The van der Waals surface area contributed by atoms with Crippen molar-refractivity contribution in [3.8, 4) is 0 Å². The number of aryl methyl sites for hydroxylation is 1. The Morgan fingerprint density at radius 3 is 2.87 bits per heavy atom. The van der Waals surface area contributed by atoms with Crippen molar-refractivity contribution >= 4 is 47.1 Å². The summed E-state index contributed by atoms with van der Waals surface area (Å²) in [5, 5.41) is 4.04. The molecule has 11 heteroatoms. The lowest BCUT2D eigenvalue weighted by molar-refractivity contribution is 0.604. The van der Waals surface area contributed by atoms with Crippen LogP contribution in [0.25, 0.3) is 23.3 Å². The first kappa shape index (κ1) is 22.6. The number of thiophene rings is 1. The van der Waals surface area contributed by atoms with E-state index in [9.17, 15) is 9.18 Å². The SMILES string of the molecule is Cl.Cn1cnc2cc(/C=C/c3ccc(Cn4cnn(C/C(=C/F)CN)c4=O)s3)cnc21. The molecule has 0 unspecified atom stereocenters. The molecular weight excluding hydrogens is 441 g/mol. The summed E-state index contributed by atoms with van der Waals surface area (Å²) in [6.45, 7) is 0.487. The molecule has 0 spiro atoms. The number of nitrogens with two attached hydrogens (primary N) is 1. The molecule has 0 atom stereocenters. The van der Waals surface area contributed by atoms with Gasteiger partial charge in [-0.2, -0.15) is 5.10 Å². The minimum absolute atomic E-state index is 0. The van der Waals surface area contributed by atoms with Crippen LogP contribution in [0.1, 0.15) is 15.3 Å². The number of nitrogens with zero attached hydrogens (tertiary/aromatic N) is 6. The average Bonchev–Trinajstić information content (AvgIpc) is 3.46. The Labute approximate surface area is 187 Å². The second kappa shape index (κ2) is 9.82. The molecule has 162 valence electrons. The standard InChI is InChI=1S/C20H20FN7OS.ClH/c1-26-12-24-18-6-14(9-23-19(18)26)2-3-16-4-5-17(30-16)11-27-13-25-28(20(27)29)10-15(7-21)8-22;/h2-7,9,12-13H,8,10-11,22H2,1H3;1H/b3-2+,15-7+;. The van der Waals surface area contributed by atoms with Crippen LogP contribution in [0.5, 0.6) is 0 Å². The normalized spacial score (nSPS) is 12.0. The highest BCUT2D eigenvalue weighted by atomic mass is 35.5. The fraction of sp³-hybridized carbons (Fsp3) is 0.200. The van der Waals surface area contributed by atoms with Gasteiger partial charge in [-0.1, -0.05) is 6.08 Å². The summed E-state index contributed by atoms with van der Waals surface area (Å²) < 4.78 is 17.3. The van der Waals surface area contributed by atoms with Crippen molar-refractivity contribution < 1.29 is 4.39 Å². The summed E-state index contributed by atoms with van der Waals surface area (Å²) in [5.41, 5.74) is 8.11. The van der Waals surface area contributed by atoms with Gasteiger partial charge in [0.05, 0.1) is 25.7 Å². The third kappa shape index (κ3) is 4.98. The summed E-state index contributed by atoms with van der Waals surface area (Å²) in [7, 11) is 1.91. The molecule has 0 saturated carbocycles. The van der Waals surface area contributed by atoms with Crippen molar-refractivity contribution in [2.45, 2.75) is 13.1 Å². The van der Waals surface area contributed by atoms with E-state index >= 15 is 0 Å². The second-order valence-electron chi connectivity index (χ2n) is 6.77. The Hall–Kier alpha value is -3.08. The number of hydrogen-bond donors (Lipinski definition) is 1. The van der Waals surface area contributed by atoms with Gasteiger partial charge in [0.25, 0.3) is 0 Å². The van der Waals surface area contributed by atoms with Gasteiger partial charge in [-0.3, -0.25) is 4.57 Å². The highest BCUT2D eigenvalue weighted by Gasteiger charge is 2.08. The largest absolute Gasteiger partial charge is 0.346 e. The summed E-state index contributed by atoms with van der Waals surface area (Å²) in [5.74, 6) is 0. The number of halogens is 2. The average molecular weight is 462 g/mol. The van der Waals surface area contributed by atoms with Crippen LogP contribution in [0.4, 0.5) is 4.39 Å². The molecule has 0 saturated heterocycles. The second-order valence-corrected chi connectivity index (χ2v) is 7.97. The maximum atomic E-state index is 12.7. The predicted octanol–water partition coefficient (Wildman–Crippen LogP) is 2.84. The molecule has 2 N–H and O–H groups in total. The maximum Gasteiger partial charge on any atom is 0.346 e. The quantitative estimate of drug-likeness (QED) is 0.456. The molecule has 4 aromatic rings. The smallest absolute Gasteiger partial charge is 0.327 e. The lowest BCUT2D eigenvalue weighted by atomic mass is 10.2. The molecule has 4 aromatic heterocycles. The van der Waals surface area contributed by atoms with Crippen LogP contribution in [0.15, 0.2) is 53.7 Å². The first-order valence-corrected chi connectivity index (χ1v) is 10.0. The molecule has 0 radical (unpaired) electrons. The van der Waals surface area contributed by atoms with Gasteiger partial charge in [-0.05, 0) is 35.4 Å². The molecule has 4 heterocycles. The molecule has 31 heavy (non-hydrogen) atoms. The molecule has 8 nitrogen and oxygen atoms in total. The number of aromatic nitrogens is 6. The Kier molecular flexibility index (Phi) is 7.16. The van der Waals surface area contributed by atoms with Gasteiger partial charge in [0, 0.05) is 29.5 Å². The zero-order valence-corrected chi connectivity index (χ0v) is 18.3. The number of rotatable bonds is 7. The van der Waals surface area contributed by atoms with Crippen molar-refractivity contribution in [3.05, 3.63) is 74.8 Å². The van der Waals surface area contributed by atoms with Gasteiger partial charge in [0.2, 0.25) is 0 Å². The van der Waals surface area contributed by atoms with Crippen molar-refractivity contribution in [3.63, 3.8) is 0 Å². The fourth-order valence-corrected chi connectivity index (χ4v) is 3.88. The Morgan fingerprint density at radius 1 is 1.26 bits per heavy atom. The van der Waals surface area contributed by atoms with Crippen LogP contribution in [0, 0.1) is 0 Å². The zero-order valence-electron chi connectivity index (χ0n) is 16.7. The van der Waals surface area contributed by atoms with E-state index in [0.717, 1.165) is 26.5 Å². The molecule has 0 aromatic carbocycles. The van der Waals surface area contributed by atoms with Crippen molar-refractivity contribution in [2.24, 2.45) is 12.8 Å². The predicted molar refractivity (Wildman–Crippen MR) is 123 cm³/mol.